The molecule has 0 radical (unpaired) electrons. The molecule has 1 aromatic carbocycles. The van der Waals surface area contributed by atoms with Crippen LogP contribution in [0.25, 0.3) is 0 Å². The first-order chi connectivity index (χ1) is 9.63. The van der Waals surface area contributed by atoms with Crippen molar-refractivity contribution in [3.63, 3.8) is 0 Å². The van der Waals surface area contributed by atoms with Gasteiger partial charge in [0.05, 0.1) is 13.7 Å². The number of allylic oxidation sites excluding steroid dienone is 1. The van der Waals surface area contributed by atoms with E-state index in [-0.39, 0.29) is 11.5 Å². The summed E-state index contributed by atoms with van der Waals surface area (Å²) in [5.74, 6) is 0.533. The molecule has 6 heteroatoms. The third-order valence-corrected chi connectivity index (χ3v) is 3.95. The molecule has 0 amide bonds. The first kappa shape index (κ1) is 14.6. The van der Waals surface area contributed by atoms with Gasteiger partial charge in [-0.25, -0.2) is 4.79 Å². The lowest BCUT2D eigenvalue weighted by atomic mass is 10.3. The van der Waals surface area contributed by atoms with Crippen LogP contribution in [0.2, 0.25) is 0 Å². The monoisotopic (exact) mass is 294 g/mol. The molecule has 0 bridgehead atoms. The van der Waals surface area contributed by atoms with Crippen LogP contribution in [0.1, 0.15) is 13.8 Å². The number of hydrogen-bond donors (Lipinski definition) is 2. The van der Waals surface area contributed by atoms with Crippen LogP contribution < -0.4 is 15.4 Å². The average molecular weight is 294 g/mol. The SMILES string of the molecule is CCOC(=O)C1=C(C)NC(Nc2ccc(OC)cc2)S1. The summed E-state index contributed by atoms with van der Waals surface area (Å²) < 4.78 is 10.1. The number of benzene rings is 1. The quantitative estimate of drug-likeness (QED) is 0.814. The Bertz CT molecular complexity index is 514. The van der Waals surface area contributed by atoms with Crippen LogP contribution in [0, 0.1) is 0 Å². The molecule has 0 aromatic heterocycles. The van der Waals surface area contributed by atoms with Crippen molar-refractivity contribution in [1.82, 2.24) is 5.32 Å². The van der Waals surface area contributed by atoms with Gasteiger partial charge in [-0.1, -0.05) is 11.8 Å². The Hall–Kier alpha value is -1.82. The summed E-state index contributed by atoms with van der Waals surface area (Å²) >= 11 is 1.42. The number of ether oxygens (including phenoxy) is 2. The second kappa shape index (κ2) is 6.56. The summed E-state index contributed by atoms with van der Waals surface area (Å²) in [5.41, 5.74) is 1.70. The number of esters is 1. The van der Waals surface area contributed by atoms with Gasteiger partial charge in [-0.15, -0.1) is 0 Å². The van der Waals surface area contributed by atoms with Crippen molar-refractivity contribution < 1.29 is 14.3 Å². The fourth-order valence-electron chi connectivity index (χ4n) is 1.80. The number of hydrogen-bond acceptors (Lipinski definition) is 6. The highest BCUT2D eigenvalue weighted by atomic mass is 32.2. The first-order valence-electron chi connectivity index (χ1n) is 6.35. The maximum absolute atomic E-state index is 11.8. The number of methoxy groups -OCH3 is 1. The van der Waals surface area contributed by atoms with Gasteiger partial charge in [-0.2, -0.15) is 0 Å². The predicted molar refractivity (Wildman–Crippen MR) is 80.5 cm³/mol. The fraction of sp³-hybridized carbons (Fsp3) is 0.357. The third kappa shape index (κ3) is 3.39. The second-order valence-corrected chi connectivity index (χ2v) is 5.31. The predicted octanol–water partition coefficient (Wildman–Crippen LogP) is 2.52. The largest absolute Gasteiger partial charge is 0.497 e. The summed E-state index contributed by atoms with van der Waals surface area (Å²) in [6, 6.07) is 7.63. The Balaban J connectivity index is 1.95. The van der Waals surface area contributed by atoms with E-state index in [0.29, 0.717) is 11.5 Å². The molecule has 108 valence electrons. The van der Waals surface area contributed by atoms with Crippen molar-refractivity contribution in [1.29, 1.82) is 0 Å². The van der Waals surface area contributed by atoms with Gasteiger partial charge in [0, 0.05) is 11.4 Å². The minimum atomic E-state index is -0.276. The highest BCUT2D eigenvalue weighted by Gasteiger charge is 2.27. The van der Waals surface area contributed by atoms with Crippen molar-refractivity contribution in [2.75, 3.05) is 19.0 Å². The van der Waals surface area contributed by atoms with Crippen LogP contribution in [-0.4, -0.2) is 25.2 Å². The van der Waals surface area contributed by atoms with Crippen LogP contribution in [0.4, 0.5) is 5.69 Å². The minimum absolute atomic E-state index is 0.0807. The zero-order valence-electron chi connectivity index (χ0n) is 11.7. The highest BCUT2D eigenvalue weighted by molar-refractivity contribution is 8.04. The van der Waals surface area contributed by atoms with E-state index in [1.807, 2.05) is 31.2 Å². The summed E-state index contributed by atoms with van der Waals surface area (Å²) in [7, 11) is 1.63. The Morgan fingerprint density at radius 3 is 2.70 bits per heavy atom. The minimum Gasteiger partial charge on any atom is -0.497 e. The molecule has 0 saturated heterocycles. The number of carbonyl (C=O) groups excluding carboxylic acids is 1. The molecule has 1 atom stereocenters. The molecule has 1 aliphatic heterocycles. The van der Waals surface area contributed by atoms with Gasteiger partial charge in [0.2, 0.25) is 0 Å². The van der Waals surface area contributed by atoms with E-state index < -0.39 is 0 Å². The van der Waals surface area contributed by atoms with E-state index in [1.54, 1.807) is 14.0 Å². The van der Waals surface area contributed by atoms with Gasteiger partial charge in [-0.3, -0.25) is 0 Å². The number of anilines is 1. The summed E-state index contributed by atoms with van der Waals surface area (Å²) in [4.78, 5) is 12.4. The van der Waals surface area contributed by atoms with Gasteiger partial charge in [0.1, 0.15) is 16.2 Å². The molecule has 1 heterocycles. The van der Waals surface area contributed by atoms with Crippen molar-refractivity contribution in [2.45, 2.75) is 19.3 Å². The summed E-state index contributed by atoms with van der Waals surface area (Å²) in [6.07, 6.45) is 0. The zero-order valence-corrected chi connectivity index (χ0v) is 12.5. The van der Waals surface area contributed by atoms with Gasteiger partial charge in [-0.05, 0) is 38.1 Å². The second-order valence-electron chi connectivity index (χ2n) is 4.19. The molecule has 2 N–H and O–H groups in total. The molecule has 1 aromatic rings. The molecule has 2 rings (SSSR count). The lowest BCUT2D eigenvalue weighted by molar-refractivity contribution is -0.137. The Labute approximate surface area is 122 Å². The fourth-order valence-corrected chi connectivity index (χ4v) is 2.86. The Kier molecular flexibility index (Phi) is 4.79. The van der Waals surface area contributed by atoms with Crippen molar-refractivity contribution >= 4 is 23.4 Å². The van der Waals surface area contributed by atoms with Gasteiger partial charge < -0.3 is 20.1 Å². The van der Waals surface area contributed by atoms with Crippen LogP contribution in [0.15, 0.2) is 34.9 Å². The molecular weight excluding hydrogens is 276 g/mol. The molecule has 0 spiro atoms. The average Bonchev–Trinajstić information content (AvgIpc) is 2.81. The van der Waals surface area contributed by atoms with E-state index in [0.717, 1.165) is 17.1 Å². The van der Waals surface area contributed by atoms with E-state index in [9.17, 15) is 4.79 Å². The van der Waals surface area contributed by atoms with Crippen molar-refractivity contribution in [3.05, 3.63) is 34.9 Å². The topological polar surface area (TPSA) is 59.6 Å². The Morgan fingerprint density at radius 2 is 2.10 bits per heavy atom. The maximum Gasteiger partial charge on any atom is 0.346 e. The van der Waals surface area contributed by atoms with Gasteiger partial charge in [0.15, 0.2) is 0 Å². The maximum atomic E-state index is 11.8. The zero-order chi connectivity index (χ0) is 14.5. The van der Waals surface area contributed by atoms with E-state index >= 15 is 0 Å². The number of rotatable bonds is 5. The normalized spacial score (nSPS) is 17.6. The number of nitrogens with one attached hydrogen (secondary N) is 2. The lowest BCUT2D eigenvalue weighted by Crippen LogP contribution is -2.27. The molecular formula is C14H18N2O3S. The molecule has 0 fully saturated rings. The smallest absolute Gasteiger partial charge is 0.346 e. The Morgan fingerprint density at radius 1 is 1.40 bits per heavy atom. The molecule has 0 saturated carbocycles. The van der Waals surface area contributed by atoms with Crippen LogP contribution in [-0.2, 0) is 9.53 Å². The van der Waals surface area contributed by atoms with Crippen LogP contribution >= 0.6 is 11.8 Å². The van der Waals surface area contributed by atoms with Crippen LogP contribution in [0.5, 0.6) is 5.75 Å². The van der Waals surface area contributed by atoms with E-state index in [2.05, 4.69) is 10.6 Å². The highest BCUT2D eigenvalue weighted by Crippen LogP contribution is 2.31. The van der Waals surface area contributed by atoms with Gasteiger partial charge >= 0.3 is 5.97 Å². The molecule has 1 unspecified atom stereocenters. The summed E-state index contributed by atoms with van der Waals surface area (Å²) in [6.45, 7) is 4.05. The van der Waals surface area contributed by atoms with Crippen LogP contribution in [0.3, 0.4) is 0 Å². The standard InChI is InChI=1S/C14H18N2O3S/c1-4-19-13(17)12-9(2)15-14(20-12)16-10-5-7-11(18-3)8-6-10/h5-8,14-16H,4H2,1-3H3. The lowest BCUT2D eigenvalue weighted by Gasteiger charge is -2.15. The van der Waals surface area contributed by atoms with Gasteiger partial charge in [0.25, 0.3) is 0 Å². The van der Waals surface area contributed by atoms with Crippen molar-refractivity contribution in [3.8, 4) is 5.75 Å². The third-order valence-electron chi connectivity index (χ3n) is 2.77. The van der Waals surface area contributed by atoms with E-state index in [4.69, 9.17) is 9.47 Å². The summed E-state index contributed by atoms with van der Waals surface area (Å²) in [5, 5.41) is 6.52. The first-order valence-corrected chi connectivity index (χ1v) is 7.23. The van der Waals surface area contributed by atoms with Crippen molar-refractivity contribution in [2.24, 2.45) is 0 Å². The number of carbonyl (C=O) groups is 1. The molecule has 5 nitrogen and oxygen atoms in total. The molecule has 1 aliphatic rings. The van der Waals surface area contributed by atoms with E-state index in [1.165, 1.54) is 11.8 Å². The number of thioether (sulfide) groups is 1. The molecule has 20 heavy (non-hydrogen) atoms. The molecule has 0 aliphatic carbocycles.